The minimum absolute atomic E-state index is 0.0639. The van der Waals surface area contributed by atoms with Crippen molar-refractivity contribution in [2.24, 2.45) is 0 Å². The van der Waals surface area contributed by atoms with Gasteiger partial charge in [-0.05, 0) is 43.2 Å². The van der Waals surface area contributed by atoms with E-state index in [-0.39, 0.29) is 5.78 Å². The van der Waals surface area contributed by atoms with E-state index in [1.54, 1.807) is 0 Å². The standard InChI is InChI=1S/C31H25ClN2O3/c1-17-25(31(36)37-3)27(28-29(33-17)21-8-4-5-9-22(21)30(28)35)26-18(2)34(24-11-7-6-10-23(24)26)16-19-12-14-20(32)15-13-19/h4-15,27,33H,16H2,1-3H3/t27-/m1/s1. The van der Waals surface area contributed by atoms with E-state index < -0.39 is 11.9 Å². The maximum atomic E-state index is 13.9. The molecule has 3 aromatic carbocycles. The Balaban J connectivity index is 1.62. The summed E-state index contributed by atoms with van der Waals surface area (Å²) in [4.78, 5) is 27.1. The number of halogens is 1. The number of benzene rings is 3. The van der Waals surface area contributed by atoms with Gasteiger partial charge in [0.15, 0.2) is 5.78 Å². The van der Waals surface area contributed by atoms with Crippen molar-refractivity contribution in [3.05, 3.63) is 123 Å². The monoisotopic (exact) mass is 508 g/mol. The number of dihydropyridines is 1. The highest BCUT2D eigenvalue weighted by molar-refractivity contribution is 6.30. The highest BCUT2D eigenvalue weighted by atomic mass is 35.5. The number of allylic oxidation sites excluding steroid dienone is 2. The number of methoxy groups -OCH3 is 1. The normalized spacial score (nSPS) is 16.6. The molecule has 0 saturated carbocycles. The molecule has 0 saturated heterocycles. The van der Waals surface area contributed by atoms with E-state index in [4.69, 9.17) is 16.3 Å². The second kappa shape index (κ2) is 8.79. The topological polar surface area (TPSA) is 60.3 Å². The molecule has 0 fully saturated rings. The van der Waals surface area contributed by atoms with E-state index in [1.165, 1.54) is 7.11 Å². The fourth-order valence-electron chi connectivity index (χ4n) is 5.80. The molecule has 1 aliphatic carbocycles. The molecule has 6 rings (SSSR count). The molecule has 1 N–H and O–H groups in total. The van der Waals surface area contributed by atoms with E-state index in [9.17, 15) is 9.59 Å². The molecule has 6 heteroatoms. The van der Waals surface area contributed by atoms with Crippen molar-refractivity contribution < 1.29 is 14.3 Å². The van der Waals surface area contributed by atoms with Gasteiger partial charge in [-0.3, -0.25) is 4.79 Å². The average molecular weight is 509 g/mol. The fraction of sp³-hybridized carbons (Fsp3) is 0.161. The van der Waals surface area contributed by atoms with E-state index in [0.29, 0.717) is 34.0 Å². The fourth-order valence-corrected chi connectivity index (χ4v) is 5.92. The van der Waals surface area contributed by atoms with Gasteiger partial charge in [0.05, 0.1) is 24.3 Å². The summed E-state index contributed by atoms with van der Waals surface area (Å²) in [5.74, 6) is -1.08. The minimum Gasteiger partial charge on any atom is -0.466 e. The lowest BCUT2D eigenvalue weighted by Gasteiger charge is -2.29. The highest BCUT2D eigenvalue weighted by Gasteiger charge is 2.44. The van der Waals surface area contributed by atoms with Crippen LogP contribution in [0.5, 0.6) is 0 Å². The number of carbonyl (C=O) groups is 2. The molecule has 4 aromatic rings. The van der Waals surface area contributed by atoms with Crippen molar-refractivity contribution in [3.63, 3.8) is 0 Å². The lowest BCUT2D eigenvalue weighted by atomic mass is 9.78. The number of aromatic nitrogens is 1. The van der Waals surface area contributed by atoms with Crippen molar-refractivity contribution in [2.45, 2.75) is 26.3 Å². The Kier molecular flexibility index (Phi) is 5.54. The molecular weight excluding hydrogens is 484 g/mol. The van der Waals surface area contributed by atoms with Crippen molar-refractivity contribution in [1.29, 1.82) is 0 Å². The Morgan fingerprint density at radius 2 is 1.65 bits per heavy atom. The highest BCUT2D eigenvalue weighted by Crippen LogP contribution is 2.49. The SMILES string of the molecule is COC(=O)C1=C(C)NC2=C(C(=O)c3ccccc32)[C@H]1c1c(C)n(Cc2ccc(Cl)cc2)c2ccccc12. The minimum atomic E-state index is -0.569. The van der Waals surface area contributed by atoms with E-state index in [0.717, 1.165) is 39.0 Å². The largest absolute Gasteiger partial charge is 0.466 e. The molecule has 1 atom stereocenters. The molecule has 0 bridgehead atoms. The zero-order chi connectivity index (χ0) is 25.8. The first kappa shape index (κ1) is 23.3. The van der Waals surface area contributed by atoms with E-state index in [2.05, 4.69) is 28.9 Å². The van der Waals surface area contributed by atoms with Gasteiger partial charge >= 0.3 is 5.97 Å². The number of hydrogen-bond donors (Lipinski definition) is 1. The molecule has 184 valence electrons. The van der Waals surface area contributed by atoms with Crippen molar-refractivity contribution >= 4 is 40.0 Å². The molecule has 2 aliphatic rings. The third-order valence-corrected chi connectivity index (χ3v) is 7.73. The van der Waals surface area contributed by atoms with Gasteiger partial charge in [-0.15, -0.1) is 0 Å². The number of ketones is 1. The summed E-state index contributed by atoms with van der Waals surface area (Å²) in [6.45, 7) is 4.56. The summed E-state index contributed by atoms with van der Waals surface area (Å²) >= 11 is 6.12. The second-order valence-corrected chi connectivity index (χ2v) is 9.92. The predicted octanol–water partition coefficient (Wildman–Crippen LogP) is 6.39. The Morgan fingerprint density at radius 3 is 2.38 bits per heavy atom. The van der Waals surface area contributed by atoms with Gasteiger partial charge < -0.3 is 14.6 Å². The maximum Gasteiger partial charge on any atom is 0.336 e. The Morgan fingerprint density at radius 1 is 0.973 bits per heavy atom. The number of nitrogens with zero attached hydrogens (tertiary/aromatic N) is 1. The van der Waals surface area contributed by atoms with Gasteiger partial charge in [0.25, 0.3) is 0 Å². The molecule has 37 heavy (non-hydrogen) atoms. The van der Waals surface area contributed by atoms with Crippen molar-refractivity contribution in [1.82, 2.24) is 9.88 Å². The van der Waals surface area contributed by atoms with Crippen LogP contribution in [0.3, 0.4) is 0 Å². The van der Waals surface area contributed by atoms with Gasteiger partial charge in [-0.1, -0.05) is 66.2 Å². The van der Waals surface area contributed by atoms with Crippen LogP contribution in [-0.4, -0.2) is 23.4 Å². The summed E-state index contributed by atoms with van der Waals surface area (Å²) in [7, 11) is 1.38. The van der Waals surface area contributed by atoms with Crippen LogP contribution in [0.1, 0.15) is 45.6 Å². The van der Waals surface area contributed by atoms with Gasteiger partial charge in [0, 0.05) is 50.6 Å². The number of Topliss-reactive ketones (excluding diaryl/α,β-unsaturated/α-hetero) is 1. The molecule has 2 heterocycles. The van der Waals surface area contributed by atoms with Crippen LogP contribution in [0.25, 0.3) is 16.6 Å². The maximum absolute atomic E-state index is 13.9. The predicted molar refractivity (Wildman–Crippen MR) is 146 cm³/mol. The molecule has 0 amide bonds. The summed E-state index contributed by atoms with van der Waals surface area (Å²) in [5.41, 5.74) is 8.09. The number of hydrogen-bond acceptors (Lipinski definition) is 4. The third-order valence-electron chi connectivity index (χ3n) is 7.48. The zero-order valence-electron chi connectivity index (χ0n) is 20.8. The van der Waals surface area contributed by atoms with E-state index >= 15 is 0 Å². The Labute approximate surface area is 220 Å². The molecular formula is C31H25ClN2O3. The van der Waals surface area contributed by atoms with Gasteiger partial charge in [-0.25, -0.2) is 4.79 Å². The number of rotatable bonds is 4. The molecule has 5 nitrogen and oxygen atoms in total. The third kappa shape index (κ3) is 3.53. The van der Waals surface area contributed by atoms with Crippen LogP contribution < -0.4 is 5.32 Å². The number of esters is 1. The van der Waals surface area contributed by atoms with Gasteiger partial charge in [-0.2, -0.15) is 0 Å². The first-order chi connectivity index (χ1) is 17.9. The average Bonchev–Trinajstić information content (AvgIpc) is 3.35. The first-order valence-electron chi connectivity index (χ1n) is 12.2. The quantitative estimate of drug-likeness (QED) is 0.324. The van der Waals surface area contributed by atoms with Crippen LogP contribution >= 0.6 is 11.6 Å². The van der Waals surface area contributed by atoms with Crippen molar-refractivity contribution in [3.8, 4) is 0 Å². The summed E-state index contributed by atoms with van der Waals surface area (Å²) < 4.78 is 7.49. The molecule has 0 spiro atoms. The summed E-state index contributed by atoms with van der Waals surface area (Å²) in [6, 6.07) is 23.6. The smallest absolute Gasteiger partial charge is 0.336 e. The van der Waals surface area contributed by atoms with Crippen LogP contribution in [0.2, 0.25) is 5.02 Å². The number of nitrogens with one attached hydrogen (secondary N) is 1. The summed E-state index contributed by atoms with van der Waals surface area (Å²) in [6.07, 6.45) is 0. The Bertz CT molecular complexity index is 1670. The van der Waals surface area contributed by atoms with Crippen LogP contribution in [0.15, 0.2) is 89.6 Å². The number of carbonyl (C=O) groups excluding carboxylic acids is 2. The zero-order valence-corrected chi connectivity index (χ0v) is 21.5. The Hall–Kier alpha value is -4.09. The molecule has 1 aromatic heterocycles. The number of ether oxygens (including phenoxy) is 1. The van der Waals surface area contributed by atoms with E-state index in [1.807, 2.05) is 67.6 Å². The lowest BCUT2D eigenvalue weighted by molar-refractivity contribution is -0.136. The molecule has 0 radical (unpaired) electrons. The molecule has 1 aliphatic heterocycles. The lowest BCUT2D eigenvalue weighted by Crippen LogP contribution is -2.29. The summed E-state index contributed by atoms with van der Waals surface area (Å²) in [5, 5.41) is 5.06. The van der Waals surface area contributed by atoms with Gasteiger partial charge in [0.1, 0.15) is 0 Å². The second-order valence-electron chi connectivity index (χ2n) is 9.48. The van der Waals surface area contributed by atoms with Crippen LogP contribution in [-0.2, 0) is 16.1 Å². The molecule has 0 unspecified atom stereocenters. The van der Waals surface area contributed by atoms with Gasteiger partial charge in [0.2, 0.25) is 0 Å². The van der Waals surface area contributed by atoms with Crippen LogP contribution in [0, 0.1) is 6.92 Å². The number of para-hydroxylation sites is 1. The van der Waals surface area contributed by atoms with Crippen LogP contribution in [0.4, 0.5) is 0 Å². The van der Waals surface area contributed by atoms with Crippen molar-refractivity contribution in [2.75, 3.05) is 7.11 Å². The first-order valence-corrected chi connectivity index (χ1v) is 12.5. The number of fused-ring (bicyclic) bond motifs is 3.